The molecule has 0 aromatic carbocycles. The summed E-state index contributed by atoms with van der Waals surface area (Å²) in [6.45, 7) is 14.8. The van der Waals surface area contributed by atoms with Gasteiger partial charge in [0.1, 0.15) is 0 Å². The average molecular weight is 281 g/mol. The van der Waals surface area contributed by atoms with Gasteiger partial charge >= 0.3 is 0 Å². The largest absolute Gasteiger partial charge is 0.314 e. The van der Waals surface area contributed by atoms with Crippen LogP contribution < -0.4 is 5.32 Å². The Kier molecular flexibility index (Phi) is 5.92. The van der Waals surface area contributed by atoms with Gasteiger partial charge in [0.25, 0.3) is 0 Å². The van der Waals surface area contributed by atoms with E-state index in [2.05, 4.69) is 37.9 Å². The van der Waals surface area contributed by atoms with Crippen molar-refractivity contribution in [2.75, 3.05) is 26.2 Å². The Morgan fingerprint density at radius 2 is 1.75 bits per heavy atom. The van der Waals surface area contributed by atoms with Crippen LogP contribution in [-0.2, 0) is 0 Å². The first-order valence-corrected chi connectivity index (χ1v) is 8.90. The van der Waals surface area contributed by atoms with Crippen molar-refractivity contribution in [3.63, 3.8) is 0 Å². The van der Waals surface area contributed by atoms with Gasteiger partial charge in [-0.25, -0.2) is 0 Å². The summed E-state index contributed by atoms with van der Waals surface area (Å²) in [4.78, 5) is 2.66. The fraction of sp³-hybridized carbons (Fsp3) is 1.00. The third kappa shape index (κ3) is 5.37. The molecule has 2 nitrogen and oxygen atoms in total. The van der Waals surface area contributed by atoms with Crippen LogP contribution in [0, 0.1) is 17.3 Å². The van der Waals surface area contributed by atoms with Crippen LogP contribution in [0.1, 0.15) is 66.2 Å². The molecule has 2 heteroatoms. The molecule has 1 saturated carbocycles. The highest BCUT2D eigenvalue weighted by atomic mass is 15.1. The quantitative estimate of drug-likeness (QED) is 0.768. The molecule has 1 heterocycles. The van der Waals surface area contributed by atoms with Crippen LogP contribution in [0.15, 0.2) is 0 Å². The molecule has 1 N–H and O–H groups in total. The molecule has 0 radical (unpaired) electrons. The fourth-order valence-electron chi connectivity index (χ4n) is 4.40. The smallest absolute Gasteiger partial charge is 0.00746 e. The lowest BCUT2D eigenvalue weighted by atomic mass is 9.70. The van der Waals surface area contributed by atoms with Crippen LogP contribution in [0.2, 0.25) is 0 Å². The minimum atomic E-state index is 0.540. The van der Waals surface area contributed by atoms with Gasteiger partial charge in [-0.2, -0.15) is 0 Å². The highest BCUT2D eigenvalue weighted by molar-refractivity contribution is 4.86. The molecule has 1 aliphatic heterocycles. The summed E-state index contributed by atoms with van der Waals surface area (Å²) in [5.74, 6) is 1.84. The Morgan fingerprint density at radius 1 is 1.05 bits per heavy atom. The van der Waals surface area contributed by atoms with Gasteiger partial charge in [0.2, 0.25) is 0 Å². The monoisotopic (exact) mass is 280 g/mol. The molecule has 2 unspecified atom stereocenters. The summed E-state index contributed by atoms with van der Waals surface area (Å²) in [6.07, 6.45) is 8.27. The van der Waals surface area contributed by atoms with Crippen molar-refractivity contribution in [2.45, 2.75) is 72.3 Å². The van der Waals surface area contributed by atoms with Crippen LogP contribution in [0.25, 0.3) is 0 Å². The van der Waals surface area contributed by atoms with Gasteiger partial charge in [-0.3, -0.25) is 0 Å². The second-order valence-electron chi connectivity index (χ2n) is 8.44. The van der Waals surface area contributed by atoms with Crippen molar-refractivity contribution >= 4 is 0 Å². The Hall–Kier alpha value is -0.0800. The minimum Gasteiger partial charge on any atom is -0.314 e. The van der Waals surface area contributed by atoms with E-state index in [0.717, 1.165) is 17.9 Å². The number of nitrogens with one attached hydrogen (secondary N) is 1. The maximum Gasteiger partial charge on any atom is 0.00746 e. The standard InChI is InChI=1S/C18H36N2/c1-15-6-10-20(11-7-15)9-5-8-19-17-12-16(2)13-18(3,4)14-17/h15-17,19H,5-14H2,1-4H3. The van der Waals surface area contributed by atoms with E-state index in [4.69, 9.17) is 0 Å². The lowest BCUT2D eigenvalue weighted by molar-refractivity contribution is 0.148. The number of hydrogen-bond acceptors (Lipinski definition) is 2. The van der Waals surface area contributed by atoms with Crippen molar-refractivity contribution in [1.29, 1.82) is 0 Å². The van der Waals surface area contributed by atoms with E-state index in [1.807, 2.05) is 0 Å². The van der Waals surface area contributed by atoms with Crippen molar-refractivity contribution in [3.05, 3.63) is 0 Å². The summed E-state index contributed by atoms with van der Waals surface area (Å²) in [6, 6.07) is 0.759. The van der Waals surface area contributed by atoms with Crippen LogP contribution in [0.4, 0.5) is 0 Å². The van der Waals surface area contributed by atoms with Crippen LogP contribution in [-0.4, -0.2) is 37.1 Å². The molecule has 1 saturated heterocycles. The first-order chi connectivity index (χ1) is 9.44. The van der Waals surface area contributed by atoms with Crippen LogP contribution >= 0.6 is 0 Å². The predicted molar refractivity (Wildman–Crippen MR) is 88.0 cm³/mol. The number of hydrogen-bond donors (Lipinski definition) is 1. The summed E-state index contributed by atoms with van der Waals surface area (Å²) >= 11 is 0. The Labute approximate surface area is 126 Å². The van der Waals surface area contributed by atoms with Gasteiger partial charge in [-0.1, -0.05) is 27.7 Å². The van der Waals surface area contributed by atoms with E-state index >= 15 is 0 Å². The molecule has 0 amide bonds. The topological polar surface area (TPSA) is 15.3 Å². The number of nitrogens with zero attached hydrogens (tertiary/aromatic N) is 1. The minimum absolute atomic E-state index is 0.540. The number of rotatable bonds is 5. The normalized spacial score (nSPS) is 32.4. The molecule has 118 valence electrons. The van der Waals surface area contributed by atoms with Gasteiger partial charge in [-0.15, -0.1) is 0 Å². The second kappa shape index (κ2) is 7.26. The van der Waals surface area contributed by atoms with Crippen molar-refractivity contribution < 1.29 is 0 Å². The molecule has 20 heavy (non-hydrogen) atoms. The molecule has 2 aliphatic rings. The maximum atomic E-state index is 3.83. The molecule has 0 spiro atoms. The Morgan fingerprint density at radius 3 is 2.40 bits per heavy atom. The predicted octanol–water partition coefficient (Wildman–Crippen LogP) is 3.91. The highest BCUT2D eigenvalue weighted by Gasteiger charge is 2.31. The number of piperidine rings is 1. The van der Waals surface area contributed by atoms with E-state index in [1.165, 1.54) is 64.7 Å². The van der Waals surface area contributed by atoms with Gasteiger partial charge in [0.05, 0.1) is 0 Å². The Balaban J connectivity index is 1.59. The molecule has 1 aliphatic carbocycles. The zero-order chi connectivity index (χ0) is 14.6. The van der Waals surface area contributed by atoms with E-state index in [1.54, 1.807) is 0 Å². The van der Waals surface area contributed by atoms with Gasteiger partial charge < -0.3 is 10.2 Å². The van der Waals surface area contributed by atoms with E-state index in [-0.39, 0.29) is 0 Å². The van der Waals surface area contributed by atoms with Gasteiger partial charge in [0, 0.05) is 6.04 Å². The lowest BCUT2D eigenvalue weighted by Crippen LogP contribution is -2.41. The molecule has 0 bridgehead atoms. The van der Waals surface area contributed by atoms with Crippen molar-refractivity contribution in [2.24, 2.45) is 17.3 Å². The second-order valence-corrected chi connectivity index (χ2v) is 8.44. The van der Waals surface area contributed by atoms with E-state index in [0.29, 0.717) is 5.41 Å². The molecule has 0 aromatic rings. The molecule has 0 aromatic heterocycles. The molecule has 2 fully saturated rings. The van der Waals surface area contributed by atoms with Crippen molar-refractivity contribution in [3.8, 4) is 0 Å². The molecular weight excluding hydrogens is 244 g/mol. The van der Waals surface area contributed by atoms with Gasteiger partial charge in [-0.05, 0) is 82.0 Å². The van der Waals surface area contributed by atoms with E-state index in [9.17, 15) is 0 Å². The summed E-state index contributed by atoms with van der Waals surface area (Å²) in [5, 5.41) is 3.83. The summed E-state index contributed by atoms with van der Waals surface area (Å²) < 4.78 is 0. The van der Waals surface area contributed by atoms with Crippen molar-refractivity contribution in [1.82, 2.24) is 10.2 Å². The average Bonchev–Trinajstić information content (AvgIpc) is 2.34. The Bertz CT molecular complexity index is 279. The summed E-state index contributed by atoms with van der Waals surface area (Å²) in [7, 11) is 0. The molecule has 2 rings (SSSR count). The van der Waals surface area contributed by atoms with Crippen LogP contribution in [0.5, 0.6) is 0 Å². The lowest BCUT2D eigenvalue weighted by Gasteiger charge is -2.39. The molecule has 2 atom stereocenters. The third-order valence-corrected chi connectivity index (χ3v) is 5.35. The highest BCUT2D eigenvalue weighted by Crippen LogP contribution is 2.38. The zero-order valence-electron chi connectivity index (χ0n) is 14.3. The third-order valence-electron chi connectivity index (χ3n) is 5.35. The van der Waals surface area contributed by atoms with Crippen LogP contribution in [0.3, 0.4) is 0 Å². The first-order valence-electron chi connectivity index (χ1n) is 8.90. The fourth-order valence-corrected chi connectivity index (χ4v) is 4.40. The summed E-state index contributed by atoms with van der Waals surface area (Å²) in [5.41, 5.74) is 0.540. The van der Waals surface area contributed by atoms with Gasteiger partial charge in [0.15, 0.2) is 0 Å². The zero-order valence-corrected chi connectivity index (χ0v) is 14.3. The maximum absolute atomic E-state index is 3.83. The SMILES string of the molecule is CC1CCN(CCCNC2CC(C)CC(C)(C)C2)CC1. The number of likely N-dealkylation sites (tertiary alicyclic amines) is 1. The molecular formula is C18H36N2. The first kappa shape index (κ1) is 16.3. The van der Waals surface area contributed by atoms with E-state index < -0.39 is 0 Å².